The first-order chi connectivity index (χ1) is 11.6. The third-order valence-corrected chi connectivity index (χ3v) is 3.39. The molecule has 2 rings (SSSR count). The molecular weight excluding hydrogens is 306 g/mol. The van der Waals surface area contributed by atoms with Crippen LogP contribution >= 0.6 is 0 Å². The first-order valence-electron chi connectivity index (χ1n) is 7.35. The Kier molecular flexibility index (Phi) is 6.31. The highest BCUT2D eigenvalue weighted by Crippen LogP contribution is 2.24. The monoisotopic (exact) mass is 325 g/mol. The van der Waals surface area contributed by atoms with Crippen LogP contribution in [-0.4, -0.2) is 23.3 Å². The zero-order valence-corrected chi connectivity index (χ0v) is 13.2. The fourth-order valence-corrected chi connectivity index (χ4v) is 2.13. The maximum Gasteiger partial charge on any atom is 0.267 e. The van der Waals surface area contributed by atoms with Crippen LogP contribution < -0.4 is 10.2 Å². The average Bonchev–Trinajstić information content (AvgIpc) is 2.64. The summed E-state index contributed by atoms with van der Waals surface area (Å²) in [6, 6.07) is 14.7. The van der Waals surface area contributed by atoms with E-state index in [0.29, 0.717) is 5.75 Å². The Balaban J connectivity index is 2.17. The quantitative estimate of drug-likeness (QED) is 0.433. The summed E-state index contributed by atoms with van der Waals surface area (Å²) in [6.45, 7) is 0. The number of hydrogen-bond acceptors (Lipinski definition) is 4. The largest absolute Gasteiger partial charge is 0.496 e. The summed E-state index contributed by atoms with van der Waals surface area (Å²) in [4.78, 5) is 11.0. The number of rotatable bonds is 6. The van der Waals surface area contributed by atoms with Crippen molar-refractivity contribution in [2.24, 2.45) is 0 Å². The van der Waals surface area contributed by atoms with Crippen LogP contribution in [0.3, 0.4) is 0 Å². The second-order valence-electron chi connectivity index (χ2n) is 5.03. The van der Waals surface area contributed by atoms with Gasteiger partial charge in [-0.1, -0.05) is 54.6 Å². The molecule has 0 heterocycles. The number of hydrogen-bond donors (Lipinski definition) is 3. The summed E-state index contributed by atoms with van der Waals surface area (Å²) in [6.07, 6.45) is 5.53. The Morgan fingerprint density at radius 2 is 1.92 bits per heavy atom. The molecule has 5 heteroatoms. The molecule has 0 bridgehead atoms. The zero-order valence-electron chi connectivity index (χ0n) is 13.2. The first kappa shape index (κ1) is 17.5. The highest BCUT2D eigenvalue weighted by atomic mass is 16.5. The minimum atomic E-state index is -0.705. The lowest BCUT2D eigenvalue weighted by Crippen LogP contribution is -2.14. The van der Waals surface area contributed by atoms with Gasteiger partial charge >= 0.3 is 0 Å². The predicted molar refractivity (Wildman–Crippen MR) is 92.4 cm³/mol. The second kappa shape index (κ2) is 8.67. The van der Waals surface area contributed by atoms with Crippen molar-refractivity contribution in [3.63, 3.8) is 0 Å². The van der Waals surface area contributed by atoms with Gasteiger partial charge < -0.3 is 9.84 Å². The number of amides is 1. The molecule has 1 unspecified atom stereocenters. The molecule has 3 N–H and O–H groups in total. The molecule has 124 valence electrons. The third-order valence-electron chi connectivity index (χ3n) is 3.39. The number of ether oxygens (including phenoxy) is 1. The lowest BCUT2D eigenvalue weighted by molar-refractivity contribution is -0.124. The van der Waals surface area contributed by atoms with Gasteiger partial charge in [-0.3, -0.25) is 10.0 Å². The van der Waals surface area contributed by atoms with Gasteiger partial charge in [-0.05, 0) is 23.3 Å². The standard InChI is InChI=1S/C19H19NO4/c1-24-18-13-14(8-12-19(22)20-23)7-9-16(18)10-11-17(21)15-5-3-2-4-6-15/h2-13,17,21,23H,1H3,(H,20,22)/b11-10+,12-8+. The number of benzene rings is 2. The van der Waals surface area contributed by atoms with Crippen molar-refractivity contribution in [2.75, 3.05) is 7.11 Å². The van der Waals surface area contributed by atoms with Gasteiger partial charge in [0, 0.05) is 11.6 Å². The molecule has 5 nitrogen and oxygen atoms in total. The number of aliphatic hydroxyl groups excluding tert-OH is 1. The Bertz CT molecular complexity index is 738. The van der Waals surface area contributed by atoms with Crippen molar-refractivity contribution in [1.29, 1.82) is 0 Å². The van der Waals surface area contributed by atoms with Gasteiger partial charge in [-0.2, -0.15) is 0 Å². The molecular formula is C19H19NO4. The summed E-state index contributed by atoms with van der Waals surface area (Å²) in [7, 11) is 1.55. The fourth-order valence-electron chi connectivity index (χ4n) is 2.13. The molecule has 1 amide bonds. The molecule has 0 aliphatic carbocycles. The normalized spacial score (nSPS) is 12.5. The molecule has 0 fully saturated rings. The van der Waals surface area contributed by atoms with Gasteiger partial charge in [0.25, 0.3) is 5.91 Å². The molecule has 1 atom stereocenters. The Hall–Kier alpha value is -2.89. The van der Waals surface area contributed by atoms with Gasteiger partial charge in [0.05, 0.1) is 13.2 Å². The summed E-state index contributed by atoms with van der Waals surface area (Å²) >= 11 is 0. The number of nitrogens with one attached hydrogen (secondary N) is 1. The van der Waals surface area contributed by atoms with E-state index in [1.165, 1.54) is 11.6 Å². The van der Waals surface area contributed by atoms with Crippen LogP contribution in [-0.2, 0) is 4.79 Å². The number of aliphatic hydroxyl groups is 1. The Labute approximate surface area is 140 Å². The molecule has 0 radical (unpaired) electrons. The molecule has 0 aliphatic rings. The van der Waals surface area contributed by atoms with Crippen molar-refractivity contribution in [3.05, 3.63) is 77.4 Å². The van der Waals surface area contributed by atoms with E-state index >= 15 is 0 Å². The smallest absolute Gasteiger partial charge is 0.267 e. The number of carbonyl (C=O) groups is 1. The van der Waals surface area contributed by atoms with Crippen molar-refractivity contribution in [2.45, 2.75) is 6.10 Å². The van der Waals surface area contributed by atoms with Crippen molar-refractivity contribution in [3.8, 4) is 5.75 Å². The Morgan fingerprint density at radius 3 is 2.58 bits per heavy atom. The molecule has 2 aromatic rings. The van der Waals surface area contributed by atoms with Gasteiger partial charge in [0.2, 0.25) is 0 Å². The average molecular weight is 325 g/mol. The van der Waals surface area contributed by atoms with E-state index in [2.05, 4.69) is 0 Å². The lowest BCUT2D eigenvalue weighted by atomic mass is 10.1. The highest BCUT2D eigenvalue weighted by molar-refractivity contribution is 5.90. The van der Waals surface area contributed by atoms with E-state index in [1.807, 2.05) is 36.4 Å². The molecule has 2 aromatic carbocycles. The molecule has 0 aromatic heterocycles. The summed E-state index contributed by atoms with van der Waals surface area (Å²) in [5.41, 5.74) is 3.88. The van der Waals surface area contributed by atoms with Crippen LogP contribution in [0.5, 0.6) is 5.75 Å². The molecule has 0 aliphatic heterocycles. The number of carbonyl (C=O) groups excluding carboxylic acids is 1. The summed E-state index contributed by atoms with van der Waals surface area (Å²) < 4.78 is 5.34. The first-order valence-corrected chi connectivity index (χ1v) is 7.35. The topological polar surface area (TPSA) is 78.8 Å². The van der Waals surface area contributed by atoms with Crippen molar-refractivity contribution < 1.29 is 19.8 Å². The minimum Gasteiger partial charge on any atom is -0.496 e. The van der Waals surface area contributed by atoms with Gasteiger partial charge in [0.1, 0.15) is 5.75 Å². The second-order valence-corrected chi connectivity index (χ2v) is 5.03. The predicted octanol–water partition coefficient (Wildman–Crippen LogP) is 2.96. The van der Waals surface area contributed by atoms with E-state index in [1.54, 1.807) is 37.5 Å². The van der Waals surface area contributed by atoms with E-state index in [-0.39, 0.29) is 0 Å². The zero-order chi connectivity index (χ0) is 17.4. The Morgan fingerprint density at radius 1 is 1.17 bits per heavy atom. The lowest BCUT2D eigenvalue weighted by Gasteiger charge is -2.08. The van der Waals surface area contributed by atoms with Crippen LogP contribution in [0.2, 0.25) is 0 Å². The number of hydroxylamine groups is 1. The van der Waals surface area contributed by atoms with Crippen molar-refractivity contribution in [1.82, 2.24) is 5.48 Å². The van der Waals surface area contributed by atoms with Crippen molar-refractivity contribution >= 4 is 18.1 Å². The van der Waals surface area contributed by atoms with Crippen LogP contribution in [0.1, 0.15) is 22.8 Å². The van der Waals surface area contributed by atoms with Crippen LogP contribution in [0.15, 0.2) is 60.7 Å². The number of methoxy groups -OCH3 is 1. The SMILES string of the molecule is COc1cc(/C=C/C(=O)NO)ccc1/C=C/C(O)c1ccccc1. The highest BCUT2D eigenvalue weighted by Gasteiger charge is 2.04. The molecule has 0 saturated heterocycles. The summed E-state index contributed by atoms with van der Waals surface area (Å²) in [5.74, 6) is 0.00184. The van der Waals surface area contributed by atoms with Crippen LogP contribution in [0.25, 0.3) is 12.2 Å². The fraction of sp³-hybridized carbons (Fsp3) is 0.105. The maximum atomic E-state index is 11.0. The van der Waals surface area contributed by atoms with E-state index in [4.69, 9.17) is 9.94 Å². The third kappa shape index (κ3) is 4.81. The van der Waals surface area contributed by atoms with E-state index in [0.717, 1.165) is 16.7 Å². The van der Waals surface area contributed by atoms with Crippen LogP contribution in [0.4, 0.5) is 0 Å². The van der Waals surface area contributed by atoms with Crippen LogP contribution in [0, 0.1) is 0 Å². The van der Waals surface area contributed by atoms with Gasteiger partial charge in [-0.25, -0.2) is 5.48 Å². The van der Waals surface area contributed by atoms with Gasteiger partial charge in [-0.15, -0.1) is 0 Å². The molecule has 0 saturated carbocycles. The summed E-state index contributed by atoms with van der Waals surface area (Å²) in [5, 5.41) is 18.6. The van der Waals surface area contributed by atoms with E-state index in [9.17, 15) is 9.90 Å². The molecule has 24 heavy (non-hydrogen) atoms. The maximum absolute atomic E-state index is 11.0. The van der Waals surface area contributed by atoms with Gasteiger partial charge in [0.15, 0.2) is 0 Å². The minimum absolute atomic E-state index is 0.607. The van der Waals surface area contributed by atoms with E-state index < -0.39 is 12.0 Å². The molecule has 0 spiro atoms.